The fraction of sp³-hybridized carbons (Fsp3) is 0.429. The molecule has 14 heavy (non-hydrogen) atoms. The van der Waals surface area contributed by atoms with Gasteiger partial charge in [-0.05, 0) is 0 Å². The summed E-state index contributed by atoms with van der Waals surface area (Å²) < 4.78 is 37.0. The van der Waals surface area contributed by atoms with Crippen LogP contribution in [0.2, 0.25) is 0 Å². The monoisotopic (exact) mass is 206 g/mol. The van der Waals surface area contributed by atoms with Gasteiger partial charge in [0.15, 0.2) is 5.82 Å². The summed E-state index contributed by atoms with van der Waals surface area (Å²) in [5.41, 5.74) is 4.00. The molecule has 2 N–H and O–H groups in total. The molecule has 1 aromatic rings. The molecule has 0 atom stereocenters. The smallest absolute Gasteiger partial charge is 0.305 e. The highest BCUT2D eigenvalue weighted by atomic mass is 19.4. The van der Waals surface area contributed by atoms with Gasteiger partial charge in [0.25, 0.3) is 0 Å². The van der Waals surface area contributed by atoms with Gasteiger partial charge in [0.2, 0.25) is 0 Å². The third-order valence-electron chi connectivity index (χ3n) is 1.40. The minimum atomic E-state index is -4.45. The molecular formula is C7H9F3N4. The van der Waals surface area contributed by atoms with E-state index in [0.717, 1.165) is 12.5 Å². The van der Waals surface area contributed by atoms with Crippen LogP contribution in [0.4, 0.5) is 19.0 Å². The highest BCUT2D eigenvalue weighted by Gasteiger charge is 2.34. The molecule has 0 saturated heterocycles. The second-order valence-corrected chi connectivity index (χ2v) is 2.44. The Morgan fingerprint density at radius 1 is 1.43 bits per heavy atom. The normalized spacial score (nSPS) is 11.4. The number of nitrogens with one attached hydrogen (secondary N) is 2. The number of alkyl halides is 3. The summed E-state index contributed by atoms with van der Waals surface area (Å²) in [7, 11) is 0. The van der Waals surface area contributed by atoms with Gasteiger partial charge in [0.05, 0.1) is 0 Å². The molecule has 0 bridgehead atoms. The lowest BCUT2D eigenvalue weighted by molar-refractivity contribution is -0.137. The summed E-state index contributed by atoms with van der Waals surface area (Å²) in [6, 6.07) is 0. The van der Waals surface area contributed by atoms with Crippen LogP contribution in [-0.4, -0.2) is 16.5 Å². The van der Waals surface area contributed by atoms with Gasteiger partial charge in [-0.3, -0.25) is 0 Å². The minimum absolute atomic E-state index is 0.269. The zero-order valence-corrected chi connectivity index (χ0v) is 7.39. The summed E-state index contributed by atoms with van der Waals surface area (Å²) >= 11 is 0. The molecule has 78 valence electrons. The highest BCUT2D eigenvalue weighted by Crippen LogP contribution is 2.32. The molecule has 1 heterocycles. The quantitative estimate of drug-likeness (QED) is 0.734. The van der Waals surface area contributed by atoms with E-state index in [9.17, 15) is 13.2 Å². The SMILES string of the molecule is CCNNc1ncncc1C(F)(F)F. The lowest BCUT2D eigenvalue weighted by Crippen LogP contribution is -2.24. The molecule has 0 unspecified atom stereocenters. The van der Waals surface area contributed by atoms with Gasteiger partial charge in [-0.1, -0.05) is 6.92 Å². The third kappa shape index (κ3) is 2.56. The average molecular weight is 206 g/mol. The van der Waals surface area contributed by atoms with Gasteiger partial charge in [0, 0.05) is 12.7 Å². The van der Waals surface area contributed by atoms with Gasteiger partial charge >= 0.3 is 6.18 Å². The lowest BCUT2D eigenvalue weighted by atomic mass is 10.3. The molecular weight excluding hydrogens is 197 g/mol. The summed E-state index contributed by atoms with van der Waals surface area (Å²) in [5, 5.41) is 0. The molecule has 4 nitrogen and oxygen atoms in total. The first-order valence-corrected chi connectivity index (χ1v) is 3.91. The Bertz CT molecular complexity index is 299. The number of hydrogen-bond donors (Lipinski definition) is 2. The van der Waals surface area contributed by atoms with Gasteiger partial charge in [-0.15, -0.1) is 0 Å². The van der Waals surface area contributed by atoms with Crippen LogP contribution in [0, 0.1) is 0 Å². The topological polar surface area (TPSA) is 49.8 Å². The third-order valence-corrected chi connectivity index (χ3v) is 1.40. The minimum Gasteiger partial charge on any atom is -0.305 e. The second-order valence-electron chi connectivity index (χ2n) is 2.44. The Morgan fingerprint density at radius 2 is 2.14 bits per heavy atom. The fourth-order valence-electron chi connectivity index (χ4n) is 0.809. The fourth-order valence-corrected chi connectivity index (χ4v) is 0.809. The van der Waals surface area contributed by atoms with Crippen molar-refractivity contribution >= 4 is 5.82 Å². The van der Waals surface area contributed by atoms with Crippen LogP contribution < -0.4 is 10.9 Å². The van der Waals surface area contributed by atoms with E-state index < -0.39 is 11.7 Å². The number of anilines is 1. The number of hydrogen-bond acceptors (Lipinski definition) is 4. The van der Waals surface area contributed by atoms with Crippen LogP contribution in [0.3, 0.4) is 0 Å². The molecule has 0 fully saturated rings. The standard InChI is InChI=1S/C7H9F3N4/c1-2-13-14-6-5(7(8,9)10)3-11-4-12-6/h3-4,13H,2H2,1H3,(H,11,12,14). The van der Waals surface area contributed by atoms with Crippen molar-refractivity contribution < 1.29 is 13.2 Å². The molecule has 0 aliphatic carbocycles. The number of halogens is 3. The van der Waals surface area contributed by atoms with Crippen molar-refractivity contribution in [1.29, 1.82) is 0 Å². The van der Waals surface area contributed by atoms with Crippen LogP contribution in [-0.2, 0) is 6.18 Å². The number of nitrogens with zero attached hydrogens (tertiary/aromatic N) is 2. The summed E-state index contributed by atoms with van der Waals surface area (Å²) in [6.45, 7) is 2.24. The van der Waals surface area contributed by atoms with Crippen molar-refractivity contribution in [3.63, 3.8) is 0 Å². The van der Waals surface area contributed by atoms with Crippen LogP contribution in [0.5, 0.6) is 0 Å². The Morgan fingerprint density at radius 3 is 2.71 bits per heavy atom. The van der Waals surface area contributed by atoms with Crippen LogP contribution >= 0.6 is 0 Å². The predicted molar refractivity (Wildman–Crippen MR) is 44.3 cm³/mol. The molecule has 1 aromatic heterocycles. The molecule has 0 aliphatic heterocycles. The van der Waals surface area contributed by atoms with Crippen molar-refractivity contribution in [2.24, 2.45) is 0 Å². The number of rotatable bonds is 3. The van der Waals surface area contributed by atoms with Gasteiger partial charge in [0.1, 0.15) is 11.9 Å². The van der Waals surface area contributed by atoms with Gasteiger partial charge < -0.3 is 5.43 Å². The molecule has 0 aliphatic rings. The van der Waals surface area contributed by atoms with Gasteiger partial charge in [-0.2, -0.15) is 13.2 Å². The lowest BCUT2D eigenvalue weighted by Gasteiger charge is -2.12. The Kier molecular flexibility index (Phi) is 3.23. The Labute approximate surface area is 78.5 Å². The summed E-state index contributed by atoms with van der Waals surface area (Å²) in [5.74, 6) is -0.269. The van der Waals surface area contributed by atoms with Crippen molar-refractivity contribution in [3.05, 3.63) is 18.1 Å². The van der Waals surface area contributed by atoms with Gasteiger partial charge in [-0.25, -0.2) is 15.4 Å². The van der Waals surface area contributed by atoms with E-state index in [2.05, 4.69) is 20.8 Å². The van der Waals surface area contributed by atoms with Crippen LogP contribution in [0.15, 0.2) is 12.5 Å². The molecule has 0 spiro atoms. The first-order valence-electron chi connectivity index (χ1n) is 3.91. The first-order chi connectivity index (χ1) is 6.55. The second kappa shape index (κ2) is 4.23. The maximum Gasteiger partial charge on any atom is 0.421 e. The Balaban J connectivity index is 2.92. The van der Waals surface area contributed by atoms with Crippen LogP contribution in [0.1, 0.15) is 12.5 Å². The average Bonchev–Trinajstić information content (AvgIpc) is 2.14. The maximum atomic E-state index is 12.3. The Hall–Kier alpha value is -1.37. The van der Waals surface area contributed by atoms with E-state index in [1.807, 2.05) is 0 Å². The van der Waals surface area contributed by atoms with Crippen LogP contribution in [0.25, 0.3) is 0 Å². The molecule has 0 amide bonds. The first kappa shape index (κ1) is 10.7. The highest BCUT2D eigenvalue weighted by molar-refractivity contribution is 5.42. The van der Waals surface area contributed by atoms with E-state index in [1.165, 1.54) is 0 Å². The predicted octanol–water partition coefficient (Wildman–Crippen LogP) is 1.43. The van der Waals surface area contributed by atoms with Crippen molar-refractivity contribution in [2.75, 3.05) is 12.0 Å². The van der Waals surface area contributed by atoms with Crippen molar-refractivity contribution in [1.82, 2.24) is 15.4 Å². The van der Waals surface area contributed by atoms with E-state index in [4.69, 9.17) is 0 Å². The largest absolute Gasteiger partial charge is 0.421 e. The molecule has 0 aromatic carbocycles. The zero-order valence-electron chi connectivity index (χ0n) is 7.39. The van der Waals surface area contributed by atoms with E-state index in [1.54, 1.807) is 6.92 Å². The van der Waals surface area contributed by atoms with E-state index in [0.29, 0.717) is 6.54 Å². The maximum absolute atomic E-state index is 12.3. The molecule has 0 radical (unpaired) electrons. The van der Waals surface area contributed by atoms with E-state index >= 15 is 0 Å². The summed E-state index contributed by atoms with van der Waals surface area (Å²) in [4.78, 5) is 6.80. The van der Waals surface area contributed by atoms with Crippen molar-refractivity contribution in [2.45, 2.75) is 13.1 Å². The van der Waals surface area contributed by atoms with Crippen molar-refractivity contribution in [3.8, 4) is 0 Å². The molecule has 7 heteroatoms. The number of aromatic nitrogens is 2. The van der Waals surface area contributed by atoms with E-state index in [-0.39, 0.29) is 5.82 Å². The molecule has 1 rings (SSSR count). The summed E-state index contributed by atoms with van der Waals surface area (Å²) in [6.07, 6.45) is -2.67. The zero-order chi connectivity index (χ0) is 10.6. The number of hydrazine groups is 1. The molecule has 0 saturated carbocycles.